The van der Waals surface area contributed by atoms with Gasteiger partial charge >= 0.3 is 0 Å². The Morgan fingerprint density at radius 3 is 3.06 bits per heavy atom. The van der Waals surface area contributed by atoms with Gasteiger partial charge in [0.1, 0.15) is 6.04 Å². The third-order valence-corrected chi connectivity index (χ3v) is 3.28. The monoisotopic (exact) mass is 256 g/mol. The number of unbranched alkanes of at least 4 members (excludes halogenated alkanes) is 1. The maximum absolute atomic E-state index is 11.6. The van der Waals surface area contributed by atoms with Crippen LogP contribution in [0.1, 0.15) is 30.7 Å². The lowest BCUT2D eigenvalue weighted by molar-refractivity contribution is -0.122. The van der Waals surface area contributed by atoms with E-state index in [0.717, 1.165) is 24.3 Å². The van der Waals surface area contributed by atoms with Crippen LogP contribution in [-0.2, 0) is 9.53 Å². The Balaban J connectivity index is 2.13. The second-order valence-electron chi connectivity index (χ2n) is 3.75. The van der Waals surface area contributed by atoms with E-state index >= 15 is 0 Å². The second kappa shape index (κ2) is 8.22. The van der Waals surface area contributed by atoms with Crippen LogP contribution in [0.15, 0.2) is 17.5 Å². The van der Waals surface area contributed by atoms with Crippen LogP contribution < -0.4 is 11.1 Å². The van der Waals surface area contributed by atoms with Gasteiger partial charge in [-0.1, -0.05) is 19.4 Å². The third-order valence-electron chi connectivity index (χ3n) is 2.32. The summed E-state index contributed by atoms with van der Waals surface area (Å²) in [6, 6.07) is 3.19. The van der Waals surface area contributed by atoms with Crippen molar-refractivity contribution < 1.29 is 9.53 Å². The molecule has 1 aromatic heterocycles. The molecule has 0 radical (unpaired) electrons. The summed E-state index contributed by atoms with van der Waals surface area (Å²) in [6.07, 6.45) is 2.18. The molecule has 0 aliphatic heterocycles. The van der Waals surface area contributed by atoms with E-state index in [-0.39, 0.29) is 5.91 Å². The van der Waals surface area contributed by atoms with Crippen LogP contribution in [0, 0.1) is 0 Å². The minimum Gasteiger partial charge on any atom is -0.380 e. The van der Waals surface area contributed by atoms with E-state index in [0.29, 0.717) is 13.2 Å². The van der Waals surface area contributed by atoms with E-state index in [9.17, 15) is 4.79 Å². The lowest BCUT2D eigenvalue weighted by Crippen LogP contribution is -2.35. The van der Waals surface area contributed by atoms with Crippen molar-refractivity contribution in [3.05, 3.63) is 22.4 Å². The molecule has 0 aliphatic rings. The van der Waals surface area contributed by atoms with Crippen molar-refractivity contribution in [3.63, 3.8) is 0 Å². The molecule has 0 saturated carbocycles. The van der Waals surface area contributed by atoms with Gasteiger partial charge in [0.25, 0.3) is 0 Å². The van der Waals surface area contributed by atoms with Crippen molar-refractivity contribution in [2.24, 2.45) is 5.73 Å². The number of nitrogens with two attached hydrogens (primary N) is 1. The molecule has 5 heteroatoms. The second-order valence-corrected chi connectivity index (χ2v) is 4.73. The van der Waals surface area contributed by atoms with Crippen LogP contribution in [0.25, 0.3) is 0 Å². The standard InChI is InChI=1S/C12H20N2O2S/c1-2-3-7-16-8-6-14-12(15)11(13)10-5-4-9-17-10/h4-5,9,11H,2-3,6-8,13H2,1H3,(H,14,15). The van der Waals surface area contributed by atoms with Crippen LogP contribution in [0.2, 0.25) is 0 Å². The van der Waals surface area contributed by atoms with Gasteiger partial charge in [-0.05, 0) is 17.9 Å². The van der Waals surface area contributed by atoms with Crippen LogP contribution in [0.3, 0.4) is 0 Å². The van der Waals surface area contributed by atoms with Gasteiger partial charge in [0.15, 0.2) is 0 Å². The summed E-state index contributed by atoms with van der Waals surface area (Å²) in [6.45, 7) is 3.93. The first kappa shape index (κ1) is 14.2. The van der Waals surface area contributed by atoms with Gasteiger partial charge < -0.3 is 15.8 Å². The fourth-order valence-corrected chi connectivity index (χ4v) is 2.03. The van der Waals surface area contributed by atoms with Crippen molar-refractivity contribution in [1.29, 1.82) is 0 Å². The summed E-state index contributed by atoms with van der Waals surface area (Å²) in [5, 5.41) is 4.68. The first-order valence-corrected chi connectivity index (χ1v) is 6.78. The number of carbonyl (C=O) groups excluding carboxylic acids is 1. The lowest BCUT2D eigenvalue weighted by Gasteiger charge is -2.10. The molecule has 0 bridgehead atoms. The number of rotatable bonds is 8. The molecule has 17 heavy (non-hydrogen) atoms. The van der Waals surface area contributed by atoms with Gasteiger partial charge in [-0.15, -0.1) is 11.3 Å². The first-order chi connectivity index (χ1) is 8.25. The molecule has 0 fully saturated rings. The molecule has 0 aliphatic carbocycles. The lowest BCUT2D eigenvalue weighted by atomic mass is 10.2. The van der Waals surface area contributed by atoms with Gasteiger partial charge in [-0.3, -0.25) is 4.79 Å². The fraction of sp³-hybridized carbons (Fsp3) is 0.583. The number of amides is 1. The minimum absolute atomic E-state index is 0.147. The van der Waals surface area contributed by atoms with Gasteiger partial charge in [0.05, 0.1) is 6.61 Å². The maximum atomic E-state index is 11.6. The minimum atomic E-state index is -0.564. The van der Waals surface area contributed by atoms with Crippen LogP contribution >= 0.6 is 11.3 Å². The van der Waals surface area contributed by atoms with Crippen LogP contribution in [-0.4, -0.2) is 25.7 Å². The molecule has 1 unspecified atom stereocenters. The summed E-state index contributed by atoms with van der Waals surface area (Å²) < 4.78 is 5.34. The topological polar surface area (TPSA) is 64.3 Å². The van der Waals surface area contributed by atoms with E-state index in [1.807, 2.05) is 17.5 Å². The largest absolute Gasteiger partial charge is 0.380 e. The van der Waals surface area contributed by atoms with E-state index in [1.165, 1.54) is 11.3 Å². The molecule has 1 atom stereocenters. The zero-order chi connectivity index (χ0) is 12.5. The SMILES string of the molecule is CCCCOCCNC(=O)C(N)c1cccs1. The predicted molar refractivity (Wildman–Crippen MR) is 70.0 cm³/mol. The van der Waals surface area contributed by atoms with Crippen molar-refractivity contribution in [3.8, 4) is 0 Å². The summed E-state index contributed by atoms with van der Waals surface area (Å²) >= 11 is 1.49. The fourth-order valence-electron chi connectivity index (χ4n) is 1.30. The van der Waals surface area contributed by atoms with Gasteiger partial charge in [0.2, 0.25) is 5.91 Å². The molecule has 1 heterocycles. The Bertz CT molecular complexity index is 314. The highest BCUT2D eigenvalue weighted by Crippen LogP contribution is 2.16. The summed E-state index contributed by atoms with van der Waals surface area (Å²) in [5.41, 5.74) is 5.80. The highest BCUT2D eigenvalue weighted by atomic mass is 32.1. The number of hydrogen-bond donors (Lipinski definition) is 2. The van der Waals surface area contributed by atoms with Gasteiger partial charge in [-0.25, -0.2) is 0 Å². The number of carbonyl (C=O) groups is 1. The number of ether oxygens (including phenoxy) is 1. The maximum Gasteiger partial charge on any atom is 0.242 e. The number of thiophene rings is 1. The van der Waals surface area contributed by atoms with E-state index in [2.05, 4.69) is 12.2 Å². The molecule has 0 spiro atoms. The molecular formula is C12H20N2O2S. The zero-order valence-electron chi connectivity index (χ0n) is 10.1. The Hall–Kier alpha value is -0.910. The summed E-state index contributed by atoms with van der Waals surface area (Å²) in [7, 11) is 0. The highest BCUT2D eigenvalue weighted by Gasteiger charge is 2.15. The molecule has 0 aromatic carbocycles. The van der Waals surface area contributed by atoms with Crippen LogP contribution in [0.5, 0.6) is 0 Å². The Morgan fingerprint density at radius 2 is 2.41 bits per heavy atom. The molecule has 0 saturated heterocycles. The quantitative estimate of drug-likeness (QED) is 0.696. The van der Waals surface area contributed by atoms with Crippen molar-refractivity contribution in [1.82, 2.24) is 5.32 Å². The Morgan fingerprint density at radius 1 is 1.59 bits per heavy atom. The molecule has 96 valence electrons. The Labute approximate surface area is 106 Å². The van der Waals surface area contributed by atoms with E-state index < -0.39 is 6.04 Å². The average Bonchev–Trinajstić information content (AvgIpc) is 2.86. The summed E-state index contributed by atoms with van der Waals surface area (Å²) in [5.74, 6) is -0.147. The highest BCUT2D eigenvalue weighted by molar-refractivity contribution is 7.10. The van der Waals surface area contributed by atoms with Gasteiger partial charge in [0, 0.05) is 18.0 Å². The molecular weight excluding hydrogens is 236 g/mol. The smallest absolute Gasteiger partial charge is 0.242 e. The molecule has 3 N–H and O–H groups in total. The van der Waals surface area contributed by atoms with Crippen molar-refractivity contribution in [2.45, 2.75) is 25.8 Å². The summed E-state index contributed by atoms with van der Waals surface area (Å²) in [4.78, 5) is 12.5. The molecule has 1 aromatic rings. The number of nitrogens with one attached hydrogen (secondary N) is 1. The van der Waals surface area contributed by atoms with Crippen molar-refractivity contribution >= 4 is 17.2 Å². The zero-order valence-corrected chi connectivity index (χ0v) is 11.0. The van der Waals surface area contributed by atoms with E-state index in [4.69, 9.17) is 10.5 Å². The van der Waals surface area contributed by atoms with Gasteiger partial charge in [-0.2, -0.15) is 0 Å². The Kier molecular flexibility index (Phi) is 6.84. The predicted octanol–water partition coefficient (Wildman–Crippen LogP) is 1.68. The molecule has 1 amide bonds. The van der Waals surface area contributed by atoms with Crippen LogP contribution in [0.4, 0.5) is 0 Å². The van der Waals surface area contributed by atoms with Crippen molar-refractivity contribution in [2.75, 3.05) is 19.8 Å². The first-order valence-electron chi connectivity index (χ1n) is 5.90. The average molecular weight is 256 g/mol. The van der Waals surface area contributed by atoms with E-state index in [1.54, 1.807) is 0 Å². The molecule has 4 nitrogen and oxygen atoms in total. The third kappa shape index (κ3) is 5.30. The normalized spacial score (nSPS) is 12.4. The number of hydrogen-bond acceptors (Lipinski definition) is 4. The molecule has 1 rings (SSSR count).